The average Bonchev–Trinajstić information content (AvgIpc) is 2.58. The predicted octanol–water partition coefficient (Wildman–Crippen LogP) is 3.52. The highest BCUT2D eigenvalue weighted by molar-refractivity contribution is 5.98. The molecule has 0 radical (unpaired) electrons. The molecule has 0 fully saturated rings. The minimum atomic E-state index is -1.00. The first-order valence-electron chi connectivity index (χ1n) is 8.45. The molecule has 2 aromatic rings. The molecule has 2 amide bonds. The van der Waals surface area contributed by atoms with E-state index >= 15 is 0 Å². The Morgan fingerprint density at radius 2 is 1.63 bits per heavy atom. The van der Waals surface area contributed by atoms with E-state index < -0.39 is 40.9 Å². The Balaban J connectivity index is 2.16. The molecule has 4 nitrogen and oxygen atoms in total. The molecule has 7 heteroatoms. The molecule has 0 aliphatic carbocycles. The zero-order chi connectivity index (χ0) is 20.1. The van der Waals surface area contributed by atoms with E-state index in [0.29, 0.717) is 5.56 Å². The Morgan fingerprint density at radius 1 is 1.04 bits per heavy atom. The summed E-state index contributed by atoms with van der Waals surface area (Å²) in [5.41, 5.74) is -0.149. The molecular formula is C20H21F3N2O2. The summed E-state index contributed by atoms with van der Waals surface area (Å²) in [6.07, 6.45) is 0. The molecule has 0 bridgehead atoms. The third-order valence-electron chi connectivity index (χ3n) is 4.09. The van der Waals surface area contributed by atoms with E-state index in [1.165, 1.54) is 30.1 Å². The fourth-order valence-corrected chi connectivity index (χ4v) is 2.67. The zero-order valence-electron chi connectivity index (χ0n) is 15.3. The van der Waals surface area contributed by atoms with Gasteiger partial charge in [-0.1, -0.05) is 32.0 Å². The minimum absolute atomic E-state index is 0.129. The van der Waals surface area contributed by atoms with Gasteiger partial charge in [0.25, 0.3) is 5.91 Å². The Labute approximate surface area is 156 Å². The van der Waals surface area contributed by atoms with Crippen LogP contribution in [0.25, 0.3) is 0 Å². The Morgan fingerprint density at radius 3 is 2.19 bits per heavy atom. The van der Waals surface area contributed by atoms with Crippen molar-refractivity contribution in [3.05, 3.63) is 71.0 Å². The summed E-state index contributed by atoms with van der Waals surface area (Å²) in [5, 5.41) is 2.41. The van der Waals surface area contributed by atoms with Gasteiger partial charge in [-0.3, -0.25) is 9.59 Å². The third-order valence-corrected chi connectivity index (χ3v) is 4.09. The van der Waals surface area contributed by atoms with Gasteiger partial charge in [0.15, 0.2) is 0 Å². The Hall–Kier alpha value is -2.83. The molecule has 1 unspecified atom stereocenters. The maximum atomic E-state index is 13.8. The normalized spacial score (nSPS) is 12.0. The van der Waals surface area contributed by atoms with Gasteiger partial charge in [-0.2, -0.15) is 0 Å². The fourth-order valence-electron chi connectivity index (χ4n) is 2.67. The number of amides is 2. The molecule has 2 aromatic carbocycles. The molecule has 0 aliphatic heterocycles. The summed E-state index contributed by atoms with van der Waals surface area (Å²) in [6.45, 7) is 3.54. The van der Waals surface area contributed by atoms with Gasteiger partial charge in [-0.15, -0.1) is 0 Å². The minimum Gasteiger partial charge on any atom is -0.340 e. The van der Waals surface area contributed by atoms with Gasteiger partial charge in [-0.25, -0.2) is 13.2 Å². The lowest BCUT2D eigenvalue weighted by molar-refractivity contribution is -0.133. The van der Waals surface area contributed by atoms with Crippen LogP contribution in [-0.2, 0) is 11.3 Å². The van der Waals surface area contributed by atoms with E-state index in [2.05, 4.69) is 5.32 Å². The first-order valence-corrected chi connectivity index (χ1v) is 8.45. The van der Waals surface area contributed by atoms with E-state index in [9.17, 15) is 22.8 Å². The number of nitrogens with one attached hydrogen (secondary N) is 1. The van der Waals surface area contributed by atoms with Crippen LogP contribution in [0.1, 0.15) is 29.8 Å². The van der Waals surface area contributed by atoms with Crippen molar-refractivity contribution >= 4 is 11.8 Å². The maximum absolute atomic E-state index is 13.8. The van der Waals surface area contributed by atoms with Crippen LogP contribution in [-0.4, -0.2) is 29.8 Å². The molecule has 0 heterocycles. The molecule has 2 rings (SSSR count). The van der Waals surface area contributed by atoms with Crippen molar-refractivity contribution in [3.8, 4) is 0 Å². The zero-order valence-corrected chi connectivity index (χ0v) is 15.3. The van der Waals surface area contributed by atoms with E-state index in [-0.39, 0.29) is 12.5 Å². The first-order chi connectivity index (χ1) is 12.7. The molecule has 1 N–H and O–H groups in total. The number of carbonyl (C=O) groups is 2. The van der Waals surface area contributed by atoms with Gasteiger partial charge in [0, 0.05) is 13.6 Å². The number of halogens is 3. The summed E-state index contributed by atoms with van der Waals surface area (Å²) in [7, 11) is 1.51. The fraction of sp³-hybridized carbons (Fsp3) is 0.300. The third kappa shape index (κ3) is 5.09. The highest BCUT2D eigenvalue weighted by Crippen LogP contribution is 2.15. The van der Waals surface area contributed by atoms with Crippen molar-refractivity contribution in [2.24, 2.45) is 5.92 Å². The summed E-state index contributed by atoms with van der Waals surface area (Å²) >= 11 is 0. The van der Waals surface area contributed by atoms with Crippen LogP contribution < -0.4 is 5.32 Å². The molecule has 1 atom stereocenters. The number of hydrogen-bond acceptors (Lipinski definition) is 2. The van der Waals surface area contributed by atoms with Crippen LogP contribution >= 0.6 is 0 Å². The van der Waals surface area contributed by atoms with Gasteiger partial charge in [0.05, 0.1) is 0 Å². The van der Waals surface area contributed by atoms with Crippen LogP contribution in [0, 0.1) is 23.4 Å². The number of carbonyl (C=O) groups excluding carboxylic acids is 2. The van der Waals surface area contributed by atoms with E-state index in [4.69, 9.17) is 0 Å². The predicted molar refractivity (Wildman–Crippen MR) is 95.3 cm³/mol. The molecular weight excluding hydrogens is 357 g/mol. The van der Waals surface area contributed by atoms with Crippen molar-refractivity contribution in [1.82, 2.24) is 10.2 Å². The molecule has 144 valence electrons. The van der Waals surface area contributed by atoms with Gasteiger partial charge >= 0.3 is 0 Å². The highest BCUT2D eigenvalue weighted by atomic mass is 19.1. The summed E-state index contributed by atoms with van der Waals surface area (Å²) in [5.74, 6) is -4.20. The monoisotopic (exact) mass is 378 g/mol. The number of rotatable bonds is 6. The largest absolute Gasteiger partial charge is 0.340 e. The Kier molecular flexibility index (Phi) is 6.60. The van der Waals surface area contributed by atoms with Crippen LogP contribution in [0.15, 0.2) is 42.5 Å². The number of hydrogen-bond donors (Lipinski definition) is 1. The number of likely N-dealkylation sites (N-methyl/N-ethyl adjacent to an activating group) is 1. The number of nitrogens with zero attached hydrogens (tertiary/aromatic N) is 1. The van der Waals surface area contributed by atoms with E-state index in [0.717, 1.165) is 18.2 Å². The van der Waals surface area contributed by atoms with Crippen molar-refractivity contribution in [2.75, 3.05) is 7.05 Å². The van der Waals surface area contributed by atoms with Crippen LogP contribution in [0.4, 0.5) is 13.2 Å². The second-order valence-corrected chi connectivity index (χ2v) is 6.62. The lowest BCUT2D eigenvalue weighted by atomic mass is 10.0. The molecule has 0 saturated carbocycles. The van der Waals surface area contributed by atoms with E-state index in [1.54, 1.807) is 19.9 Å². The molecule has 0 saturated heterocycles. The van der Waals surface area contributed by atoms with Crippen molar-refractivity contribution in [2.45, 2.75) is 26.4 Å². The van der Waals surface area contributed by atoms with Crippen LogP contribution in [0.2, 0.25) is 0 Å². The summed E-state index contributed by atoms with van der Waals surface area (Å²) in [6, 6.07) is 7.91. The lowest BCUT2D eigenvalue weighted by Crippen LogP contribution is -2.50. The second-order valence-electron chi connectivity index (χ2n) is 6.62. The van der Waals surface area contributed by atoms with Crippen molar-refractivity contribution in [1.29, 1.82) is 0 Å². The Bertz CT molecular complexity index is 819. The second kappa shape index (κ2) is 8.70. The van der Waals surface area contributed by atoms with Crippen LogP contribution in [0.3, 0.4) is 0 Å². The molecule has 0 aliphatic rings. The smallest absolute Gasteiger partial charge is 0.257 e. The standard InChI is InChI=1S/C20H21F3N2O2/c1-12(2)18(24-19(26)17-15(22)8-5-9-16(17)23)20(27)25(3)11-13-6-4-7-14(21)10-13/h4-10,12,18H,11H2,1-3H3,(H,24,26). The van der Waals surface area contributed by atoms with Crippen molar-refractivity contribution in [3.63, 3.8) is 0 Å². The van der Waals surface area contributed by atoms with Crippen molar-refractivity contribution < 1.29 is 22.8 Å². The molecule has 0 spiro atoms. The van der Waals surface area contributed by atoms with Gasteiger partial charge in [-0.05, 0) is 35.7 Å². The van der Waals surface area contributed by atoms with Crippen LogP contribution in [0.5, 0.6) is 0 Å². The van der Waals surface area contributed by atoms with Gasteiger partial charge in [0.2, 0.25) is 5.91 Å². The maximum Gasteiger partial charge on any atom is 0.257 e. The first kappa shape index (κ1) is 20.5. The molecule has 0 aromatic heterocycles. The average molecular weight is 378 g/mol. The topological polar surface area (TPSA) is 49.4 Å². The van der Waals surface area contributed by atoms with E-state index in [1.807, 2.05) is 0 Å². The quantitative estimate of drug-likeness (QED) is 0.836. The van der Waals surface area contributed by atoms with Gasteiger partial charge in [0.1, 0.15) is 29.1 Å². The molecule has 27 heavy (non-hydrogen) atoms. The summed E-state index contributed by atoms with van der Waals surface area (Å²) in [4.78, 5) is 26.4. The lowest BCUT2D eigenvalue weighted by Gasteiger charge is -2.27. The SMILES string of the molecule is CC(C)C(NC(=O)c1c(F)cccc1F)C(=O)N(C)Cc1cccc(F)c1. The summed E-state index contributed by atoms with van der Waals surface area (Å²) < 4.78 is 40.9. The number of benzene rings is 2. The highest BCUT2D eigenvalue weighted by Gasteiger charge is 2.29. The van der Waals surface area contributed by atoms with Gasteiger partial charge < -0.3 is 10.2 Å².